The van der Waals surface area contributed by atoms with Crippen LogP contribution in [0.25, 0.3) is 0 Å². The van der Waals surface area contributed by atoms with Crippen LogP contribution in [0.3, 0.4) is 0 Å². The lowest BCUT2D eigenvalue weighted by molar-refractivity contribution is -0.123. The third-order valence-electron chi connectivity index (χ3n) is 3.30. The predicted molar refractivity (Wildman–Crippen MR) is 86.3 cm³/mol. The van der Waals surface area contributed by atoms with Gasteiger partial charge in [-0.15, -0.1) is 4.83 Å². The van der Waals surface area contributed by atoms with Crippen molar-refractivity contribution in [1.82, 2.24) is 10.3 Å². The van der Waals surface area contributed by atoms with Crippen molar-refractivity contribution >= 4 is 15.9 Å². The zero-order chi connectivity index (χ0) is 17.7. The van der Waals surface area contributed by atoms with Gasteiger partial charge in [0.05, 0.1) is 4.90 Å². The Balaban J connectivity index is 1.88. The van der Waals surface area contributed by atoms with Gasteiger partial charge >= 0.3 is 0 Å². The third-order valence-corrected chi connectivity index (χ3v) is 4.56. The molecule has 0 aliphatic heterocycles. The highest BCUT2D eigenvalue weighted by Crippen LogP contribution is 2.16. The molecule has 8 heteroatoms. The van der Waals surface area contributed by atoms with Crippen LogP contribution in [0.5, 0.6) is 5.75 Å². The molecule has 24 heavy (non-hydrogen) atoms. The lowest BCUT2D eigenvalue weighted by Crippen LogP contribution is -2.43. The minimum Gasteiger partial charge on any atom is -0.484 e. The van der Waals surface area contributed by atoms with E-state index >= 15 is 0 Å². The first-order valence-corrected chi connectivity index (χ1v) is 8.52. The molecule has 6 nitrogen and oxygen atoms in total. The molecule has 2 N–H and O–H groups in total. The predicted octanol–water partition coefficient (Wildman–Crippen LogP) is 1.83. The van der Waals surface area contributed by atoms with E-state index in [1.54, 1.807) is 12.1 Å². The number of carbonyl (C=O) groups excluding carboxylic acids is 1. The standard InChI is InChI=1S/C16H17FN2O4S/c1-11-3-6-14(9-12(11)2)23-10-16(20)18-19-24(21,22)15-7-4-13(17)5-8-15/h3-9,19H,10H2,1-2H3,(H,18,20). The molecule has 0 unspecified atom stereocenters. The molecule has 0 bridgehead atoms. The number of benzene rings is 2. The van der Waals surface area contributed by atoms with Crippen molar-refractivity contribution in [2.75, 3.05) is 6.61 Å². The van der Waals surface area contributed by atoms with Crippen LogP contribution in [0.4, 0.5) is 4.39 Å². The number of nitrogens with one attached hydrogen (secondary N) is 2. The molecular weight excluding hydrogens is 335 g/mol. The van der Waals surface area contributed by atoms with E-state index in [1.165, 1.54) is 0 Å². The second-order valence-electron chi connectivity index (χ2n) is 5.14. The van der Waals surface area contributed by atoms with Crippen molar-refractivity contribution in [2.24, 2.45) is 0 Å². The Morgan fingerprint density at radius 3 is 2.38 bits per heavy atom. The molecule has 0 aliphatic rings. The van der Waals surface area contributed by atoms with Crippen LogP contribution >= 0.6 is 0 Å². The summed E-state index contributed by atoms with van der Waals surface area (Å²) >= 11 is 0. The van der Waals surface area contributed by atoms with Gasteiger partial charge in [0, 0.05) is 0 Å². The Morgan fingerprint density at radius 2 is 1.75 bits per heavy atom. The van der Waals surface area contributed by atoms with Crippen LogP contribution in [0.1, 0.15) is 11.1 Å². The zero-order valence-corrected chi connectivity index (χ0v) is 14.0. The van der Waals surface area contributed by atoms with Gasteiger partial charge in [0.25, 0.3) is 15.9 Å². The first kappa shape index (κ1) is 17.9. The molecule has 128 valence electrons. The summed E-state index contributed by atoms with van der Waals surface area (Å²) in [4.78, 5) is 13.4. The van der Waals surface area contributed by atoms with Crippen LogP contribution in [-0.2, 0) is 14.8 Å². The van der Waals surface area contributed by atoms with E-state index in [2.05, 4.69) is 0 Å². The van der Waals surface area contributed by atoms with E-state index in [4.69, 9.17) is 4.74 Å². The molecule has 2 rings (SSSR count). The molecule has 0 saturated carbocycles. The zero-order valence-electron chi connectivity index (χ0n) is 13.2. The highest BCUT2D eigenvalue weighted by molar-refractivity contribution is 7.89. The molecule has 1 amide bonds. The van der Waals surface area contributed by atoms with Crippen molar-refractivity contribution < 1.29 is 22.3 Å². The Labute approximate surface area is 139 Å². The summed E-state index contributed by atoms with van der Waals surface area (Å²) < 4.78 is 41.9. The Morgan fingerprint density at radius 1 is 1.08 bits per heavy atom. The summed E-state index contributed by atoms with van der Waals surface area (Å²) in [5, 5.41) is 0. The van der Waals surface area contributed by atoms with E-state index in [-0.39, 0.29) is 11.5 Å². The molecule has 0 fully saturated rings. The number of halogens is 1. The number of rotatable bonds is 6. The lowest BCUT2D eigenvalue weighted by atomic mass is 10.1. The van der Waals surface area contributed by atoms with Crippen LogP contribution in [0, 0.1) is 19.7 Å². The van der Waals surface area contributed by atoms with Crippen LogP contribution in [0.2, 0.25) is 0 Å². The average Bonchev–Trinajstić information content (AvgIpc) is 2.54. The summed E-state index contributed by atoms with van der Waals surface area (Å²) in [6, 6.07) is 9.58. The number of hydrazine groups is 1. The molecule has 0 aliphatic carbocycles. The number of carbonyl (C=O) groups is 1. The Bertz CT molecular complexity index is 836. The van der Waals surface area contributed by atoms with Gasteiger partial charge in [0.1, 0.15) is 11.6 Å². The van der Waals surface area contributed by atoms with E-state index < -0.39 is 21.7 Å². The van der Waals surface area contributed by atoms with Crippen molar-refractivity contribution in [3.8, 4) is 5.75 Å². The number of hydrogen-bond donors (Lipinski definition) is 2. The van der Waals surface area contributed by atoms with Gasteiger partial charge < -0.3 is 4.74 Å². The van der Waals surface area contributed by atoms with Gasteiger partial charge in [-0.25, -0.2) is 12.8 Å². The number of ether oxygens (including phenoxy) is 1. The van der Waals surface area contributed by atoms with Gasteiger partial charge in [0.2, 0.25) is 0 Å². The fourth-order valence-corrected chi connectivity index (χ4v) is 2.65. The number of aryl methyl sites for hydroxylation is 2. The second kappa shape index (κ2) is 7.41. The van der Waals surface area contributed by atoms with Gasteiger partial charge in [-0.2, -0.15) is 0 Å². The Hall–Kier alpha value is -2.45. The van der Waals surface area contributed by atoms with Gasteiger partial charge in [-0.3, -0.25) is 10.2 Å². The quantitative estimate of drug-likeness (QED) is 0.777. The maximum Gasteiger partial charge on any atom is 0.272 e. The molecule has 2 aromatic carbocycles. The minimum absolute atomic E-state index is 0.167. The van der Waals surface area contributed by atoms with Crippen molar-refractivity contribution in [3.05, 3.63) is 59.4 Å². The summed E-state index contributed by atoms with van der Waals surface area (Å²) in [7, 11) is -3.97. The number of hydrogen-bond acceptors (Lipinski definition) is 4. The van der Waals surface area contributed by atoms with Gasteiger partial charge in [0.15, 0.2) is 6.61 Å². The molecule has 0 saturated heterocycles. The monoisotopic (exact) mass is 352 g/mol. The van der Waals surface area contributed by atoms with Crippen LogP contribution in [0.15, 0.2) is 47.4 Å². The lowest BCUT2D eigenvalue weighted by Gasteiger charge is -2.10. The van der Waals surface area contributed by atoms with E-state index in [9.17, 15) is 17.6 Å². The summed E-state index contributed by atoms with van der Waals surface area (Å²) in [5.41, 5.74) is 4.15. The van der Waals surface area contributed by atoms with Crippen LogP contribution < -0.4 is 15.0 Å². The van der Waals surface area contributed by atoms with E-state index in [0.717, 1.165) is 35.4 Å². The van der Waals surface area contributed by atoms with Crippen molar-refractivity contribution in [1.29, 1.82) is 0 Å². The van der Waals surface area contributed by atoms with E-state index in [1.807, 2.05) is 30.2 Å². The first-order chi connectivity index (χ1) is 11.3. The molecular formula is C16H17FN2O4S. The topological polar surface area (TPSA) is 84.5 Å². The molecule has 2 aromatic rings. The summed E-state index contributed by atoms with van der Waals surface area (Å²) in [5.74, 6) is -0.715. The highest BCUT2D eigenvalue weighted by atomic mass is 32.2. The largest absolute Gasteiger partial charge is 0.484 e. The Kier molecular flexibility index (Phi) is 5.53. The van der Waals surface area contributed by atoms with Crippen molar-refractivity contribution in [3.63, 3.8) is 0 Å². The summed E-state index contributed by atoms with van der Waals surface area (Å²) in [6.07, 6.45) is 0. The van der Waals surface area contributed by atoms with Gasteiger partial charge in [-0.05, 0) is 61.4 Å². The smallest absolute Gasteiger partial charge is 0.272 e. The normalized spacial score (nSPS) is 11.1. The molecule has 0 atom stereocenters. The van der Waals surface area contributed by atoms with Gasteiger partial charge in [-0.1, -0.05) is 6.07 Å². The maximum absolute atomic E-state index is 12.8. The molecule has 0 heterocycles. The number of amides is 1. The maximum atomic E-state index is 12.8. The van der Waals surface area contributed by atoms with Crippen LogP contribution in [-0.4, -0.2) is 20.9 Å². The molecule has 0 radical (unpaired) electrons. The highest BCUT2D eigenvalue weighted by Gasteiger charge is 2.15. The first-order valence-electron chi connectivity index (χ1n) is 7.04. The second-order valence-corrected chi connectivity index (χ2v) is 6.82. The fourth-order valence-electron chi connectivity index (χ4n) is 1.79. The van der Waals surface area contributed by atoms with Crippen molar-refractivity contribution in [2.45, 2.75) is 18.7 Å². The minimum atomic E-state index is -3.97. The fraction of sp³-hybridized carbons (Fsp3) is 0.188. The number of sulfonamides is 1. The summed E-state index contributed by atoms with van der Waals surface area (Å²) in [6.45, 7) is 3.52. The SMILES string of the molecule is Cc1ccc(OCC(=O)NNS(=O)(=O)c2ccc(F)cc2)cc1C. The molecule has 0 spiro atoms. The molecule has 0 aromatic heterocycles. The third kappa shape index (κ3) is 4.77. The average molecular weight is 352 g/mol. The van der Waals surface area contributed by atoms with E-state index in [0.29, 0.717) is 5.75 Å².